The molecule has 4 N–H and O–H groups in total. The Balaban J connectivity index is 1.15. The van der Waals surface area contributed by atoms with Gasteiger partial charge in [0.05, 0.1) is 22.9 Å². The molecule has 0 radical (unpaired) electrons. The molecule has 1 fully saturated rings. The highest BCUT2D eigenvalue weighted by molar-refractivity contribution is 6.32. The maximum absolute atomic E-state index is 13.9. The SMILES string of the molecule is O=C(N[C@H]1c2ccccc2OC[C@H]1O)[C@H](Cc1cccnc1)C[C@H](O)CN1CCN(Cc2ccn(-c3ccccc3Cl)c2)C[C@H]1C(=O)NCC(F)(F)F. The largest absolute Gasteiger partial charge is 0.490 e. The summed E-state index contributed by atoms with van der Waals surface area (Å²) in [5.74, 6) is -1.41. The highest BCUT2D eigenvalue weighted by Crippen LogP contribution is 2.32. The molecule has 11 nitrogen and oxygen atoms in total. The molecule has 2 amide bonds. The average molecular weight is 755 g/mol. The third-order valence-corrected chi connectivity index (χ3v) is 9.88. The third kappa shape index (κ3) is 10.1. The number of ether oxygens (including phenoxy) is 1. The third-order valence-electron chi connectivity index (χ3n) is 9.56. The summed E-state index contributed by atoms with van der Waals surface area (Å²) >= 11 is 6.37. The van der Waals surface area contributed by atoms with Crippen molar-refractivity contribution in [2.75, 3.05) is 39.3 Å². The van der Waals surface area contributed by atoms with Crippen LogP contribution in [-0.2, 0) is 22.6 Å². The molecular weight excluding hydrogens is 713 g/mol. The Morgan fingerprint density at radius 2 is 1.83 bits per heavy atom. The van der Waals surface area contributed by atoms with Gasteiger partial charge in [0.2, 0.25) is 11.8 Å². The highest BCUT2D eigenvalue weighted by atomic mass is 35.5. The number of nitrogens with zero attached hydrogens (tertiary/aromatic N) is 4. The van der Waals surface area contributed by atoms with Crippen molar-refractivity contribution in [3.05, 3.63) is 113 Å². The van der Waals surface area contributed by atoms with Crippen molar-refractivity contribution in [3.63, 3.8) is 0 Å². The Hall–Kier alpha value is -4.47. The van der Waals surface area contributed by atoms with E-state index in [-0.39, 0.29) is 39.1 Å². The number of carbonyl (C=O) groups excluding carboxylic acids is 2. The van der Waals surface area contributed by atoms with Gasteiger partial charge in [-0.15, -0.1) is 0 Å². The molecule has 5 atom stereocenters. The second-order valence-electron chi connectivity index (χ2n) is 13.5. The molecule has 2 aliphatic rings. The summed E-state index contributed by atoms with van der Waals surface area (Å²) in [5.41, 5.74) is 3.11. The molecule has 2 aromatic carbocycles. The number of amides is 2. The monoisotopic (exact) mass is 754 g/mol. The van der Waals surface area contributed by atoms with Gasteiger partial charge in [0, 0.05) is 69.0 Å². The molecule has 2 aliphatic heterocycles. The minimum absolute atomic E-state index is 0.00513. The average Bonchev–Trinajstić information content (AvgIpc) is 3.60. The van der Waals surface area contributed by atoms with E-state index in [1.165, 1.54) is 0 Å². The maximum Gasteiger partial charge on any atom is 0.405 e. The first-order valence-corrected chi connectivity index (χ1v) is 17.8. The molecule has 0 unspecified atom stereocenters. The molecule has 1 saturated heterocycles. The van der Waals surface area contributed by atoms with Crippen LogP contribution in [0.15, 0.2) is 91.5 Å². The van der Waals surface area contributed by atoms with Gasteiger partial charge in [-0.25, -0.2) is 0 Å². The molecule has 15 heteroatoms. The van der Waals surface area contributed by atoms with E-state index in [1.807, 2.05) is 57.5 Å². The van der Waals surface area contributed by atoms with Gasteiger partial charge in [-0.05, 0) is 54.3 Å². The van der Waals surface area contributed by atoms with Crippen LogP contribution >= 0.6 is 11.6 Å². The Morgan fingerprint density at radius 3 is 2.60 bits per heavy atom. The van der Waals surface area contributed by atoms with Crippen LogP contribution in [0.2, 0.25) is 5.02 Å². The molecule has 282 valence electrons. The standard InChI is InChI=1S/C38H42ClF3N6O5/c39-30-8-2-3-9-31(30)47-13-11-26(20-47)19-46-14-15-48(32(22-46)37(52)44-24-38(40,41)42)21-28(49)17-27(16-25-6-5-12-43-18-25)36(51)45-35-29-7-1-4-10-34(29)53-23-33(35)50/h1-13,18,20,27-28,32-33,35,49-50H,14-17,19,21-24H2,(H,44,52)(H,45,51)/t27-,28+,32+,33-,35+/m1/s1. The summed E-state index contributed by atoms with van der Waals surface area (Å²) < 4.78 is 46.9. The fourth-order valence-corrected chi connectivity index (χ4v) is 7.18. The van der Waals surface area contributed by atoms with E-state index in [2.05, 4.69) is 10.3 Å². The molecule has 0 aliphatic carbocycles. The Kier molecular flexibility index (Phi) is 12.4. The first kappa shape index (κ1) is 38.3. The Bertz CT molecular complexity index is 1850. The first-order valence-electron chi connectivity index (χ1n) is 17.4. The number of hydrogen-bond donors (Lipinski definition) is 4. The molecule has 4 heterocycles. The molecule has 2 aromatic heterocycles. The van der Waals surface area contributed by atoms with Crippen LogP contribution in [0.3, 0.4) is 0 Å². The van der Waals surface area contributed by atoms with Gasteiger partial charge in [-0.3, -0.25) is 24.4 Å². The van der Waals surface area contributed by atoms with Crippen LogP contribution in [0.5, 0.6) is 5.75 Å². The second-order valence-corrected chi connectivity index (χ2v) is 13.9. The zero-order valence-corrected chi connectivity index (χ0v) is 29.6. The molecule has 0 bridgehead atoms. The number of para-hydroxylation sites is 2. The lowest BCUT2D eigenvalue weighted by molar-refractivity contribution is -0.143. The van der Waals surface area contributed by atoms with Gasteiger partial charge in [-0.1, -0.05) is 48.0 Å². The van der Waals surface area contributed by atoms with Gasteiger partial charge in [0.1, 0.15) is 31.0 Å². The number of piperazine rings is 1. The topological polar surface area (TPSA) is 132 Å². The minimum Gasteiger partial charge on any atom is -0.490 e. The van der Waals surface area contributed by atoms with Crippen molar-refractivity contribution >= 4 is 23.4 Å². The number of nitrogens with one attached hydrogen (secondary N) is 2. The number of halogens is 4. The lowest BCUT2D eigenvalue weighted by Crippen LogP contribution is -2.60. The van der Waals surface area contributed by atoms with E-state index in [1.54, 1.807) is 53.7 Å². The number of aliphatic hydroxyl groups excluding tert-OH is 2. The van der Waals surface area contributed by atoms with E-state index in [9.17, 15) is 33.0 Å². The van der Waals surface area contributed by atoms with Crippen LogP contribution in [0, 0.1) is 5.92 Å². The number of pyridine rings is 1. The van der Waals surface area contributed by atoms with Crippen LogP contribution in [0.25, 0.3) is 5.69 Å². The Labute approximate surface area is 310 Å². The van der Waals surface area contributed by atoms with Crippen LogP contribution in [0.1, 0.15) is 29.2 Å². The van der Waals surface area contributed by atoms with Gasteiger partial charge in [0.15, 0.2) is 0 Å². The van der Waals surface area contributed by atoms with Crippen molar-refractivity contribution in [3.8, 4) is 11.4 Å². The normalized spacial score (nSPS) is 20.5. The van der Waals surface area contributed by atoms with Gasteiger partial charge < -0.3 is 30.2 Å². The molecule has 0 saturated carbocycles. The molecule has 0 spiro atoms. The van der Waals surface area contributed by atoms with Crippen LogP contribution in [-0.4, -0.2) is 105 Å². The molecule has 53 heavy (non-hydrogen) atoms. The number of hydrogen-bond acceptors (Lipinski definition) is 8. The summed E-state index contributed by atoms with van der Waals surface area (Å²) in [5, 5.41) is 27.8. The molecule has 6 rings (SSSR count). The number of fused-ring (bicyclic) bond motifs is 1. The summed E-state index contributed by atoms with van der Waals surface area (Å²) in [7, 11) is 0. The number of aromatic nitrogens is 2. The molecule has 4 aromatic rings. The Morgan fingerprint density at radius 1 is 1.04 bits per heavy atom. The van der Waals surface area contributed by atoms with E-state index < -0.39 is 54.7 Å². The smallest absolute Gasteiger partial charge is 0.405 e. The van der Waals surface area contributed by atoms with E-state index in [4.69, 9.17) is 16.3 Å². The predicted octanol–water partition coefficient (Wildman–Crippen LogP) is 3.91. The summed E-state index contributed by atoms with van der Waals surface area (Å²) in [6, 6.07) is 18.3. The fraction of sp³-hybridized carbons (Fsp3) is 0.395. The van der Waals surface area contributed by atoms with E-state index >= 15 is 0 Å². The summed E-state index contributed by atoms with van der Waals surface area (Å²) in [6.45, 7) is -0.215. The van der Waals surface area contributed by atoms with Gasteiger partial charge >= 0.3 is 6.18 Å². The highest BCUT2D eigenvalue weighted by Gasteiger charge is 2.38. The van der Waals surface area contributed by atoms with Crippen molar-refractivity contribution in [1.29, 1.82) is 0 Å². The lowest BCUT2D eigenvalue weighted by atomic mass is 9.91. The van der Waals surface area contributed by atoms with E-state index in [0.29, 0.717) is 29.4 Å². The number of carbonyl (C=O) groups is 2. The van der Waals surface area contributed by atoms with Crippen molar-refractivity contribution in [1.82, 2.24) is 30.0 Å². The zero-order chi connectivity index (χ0) is 37.5. The summed E-state index contributed by atoms with van der Waals surface area (Å²) in [6.07, 6.45) is 0.528. The number of β-amino-alcohol motifs (C(OH)–C–C–N with tert-alkyl or cyclic N) is 1. The van der Waals surface area contributed by atoms with Gasteiger partial charge in [0.25, 0.3) is 0 Å². The first-order chi connectivity index (χ1) is 25.4. The van der Waals surface area contributed by atoms with Gasteiger partial charge in [-0.2, -0.15) is 13.2 Å². The number of aliphatic hydroxyl groups is 2. The number of alkyl halides is 3. The predicted molar refractivity (Wildman–Crippen MR) is 191 cm³/mol. The van der Waals surface area contributed by atoms with Crippen molar-refractivity contribution in [2.24, 2.45) is 5.92 Å². The second kappa shape index (κ2) is 17.1. The van der Waals surface area contributed by atoms with E-state index in [0.717, 1.165) is 16.8 Å². The fourth-order valence-electron chi connectivity index (χ4n) is 6.95. The summed E-state index contributed by atoms with van der Waals surface area (Å²) in [4.78, 5) is 35.0. The molecular formula is C38H42ClF3N6O5. The quantitative estimate of drug-likeness (QED) is 0.162. The zero-order valence-electron chi connectivity index (χ0n) is 28.8. The lowest BCUT2D eigenvalue weighted by Gasteiger charge is -2.41. The number of benzene rings is 2. The minimum atomic E-state index is -4.60. The number of rotatable bonds is 13. The maximum atomic E-state index is 13.9. The van der Waals surface area contributed by atoms with Crippen molar-refractivity contribution in [2.45, 2.75) is 49.9 Å². The van der Waals surface area contributed by atoms with Crippen LogP contribution < -0.4 is 15.4 Å². The van der Waals surface area contributed by atoms with Crippen molar-refractivity contribution < 1.29 is 37.7 Å². The van der Waals surface area contributed by atoms with Crippen LogP contribution in [0.4, 0.5) is 13.2 Å².